The van der Waals surface area contributed by atoms with Crippen LogP contribution in [-0.4, -0.2) is 63.3 Å². The minimum atomic E-state index is -3.60. The van der Waals surface area contributed by atoms with Crippen molar-refractivity contribution in [1.82, 2.24) is 14.7 Å². The number of aliphatic hydroxyl groups excluding tert-OH is 1. The fraction of sp³-hybridized carbons (Fsp3) is 0.429. The van der Waals surface area contributed by atoms with Crippen molar-refractivity contribution in [2.45, 2.75) is 4.90 Å². The van der Waals surface area contributed by atoms with Gasteiger partial charge in [0.15, 0.2) is 0 Å². The third-order valence-electron chi connectivity index (χ3n) is 3.21. The van der Waals surface area contributed by atoms with Gasteiger partial charge in [0.1, 0.15) is 6.61 Å². The number of aliphatic hydroxyl groups is 1. The Morgan fingerprint density at radius 3 is 2.67 bits per heavy atom. The van der Waals surface area contributed by atoms with Crippen LogP contribution in [0.5, 0.6) is 0 Å². The van der Waals surface area contributed by atoms with Crippen LogP contribution >= 0.6 is 0 Å². The summed E-state index contributed by atoms with van der Waals surface area (Å²) in [5.74, 6) is 5.21. The van der Waals surface area contributed by atoms with Gasteiger partial charge in [0.2, 0.25) is 0 Å². The third-order valence-corrected chi connectivity index (χ3v) is 4.58. The van der Waals surface area contributed by atoms with Gasteiger partial charge in [-0.3, -0.25) is 0 Å². The van der Waals surface area contributed by atoms with Crippen molar-refractivity contribution in [3.05, 3.63) is 29.8 Å². The zero-order valence-corrected chi connectivity index (χ0v) is 12.7. The van der Waals surface area contributed by atoms with Gasteiger partial charge in [0, 0.05) is 31.7 Å². The van der Waals surface area contributed by atoms with Crippen LogP contribution in [0.15, 0.2) is 29.2 Å². The van der Waals surface area contributed by atoms with Gasteiger partial charge in [-0.1, -0.05) is 17.9 Å². The molecule has 0 bridgehead atoms. The van der Waals surface area contributed by atoms with Crippen LogP contribution in [-0.2, 0) is 10.0 Å². The number of benzene rings is 1. The summed E-state index contributed by atoms with van der Waals surface area (Å²) in [5.41, 5.74) is 0.560. The number of hydrogen-bond acceptors (Lipinski definition) is 5. The van der Waals surface area contributed by atoms with E-state index < -0.39 is 10.0 Å². The predicted molar refractivity (Wildman–Crippen MR) is 79.8 cm³/mol. The van der Waals surface area contributed by atoms with Crippen molar-refractivity contribution < 1.29 is 13.5 Å². The van der Waals surface area contributed by atoms with Gasteiger partial charge >= 0.3 is 0 Å². The van der Waals surface area contributed by atoms with E-state index in [1.807, 2.05) is 7.05 Å². The standard InChI is InChI=1S/C14H19N3O3S/c1-16-7-9-17(10-8-16)15-21(19,20)14-6-2-4-13(12-14)5-3-11-18/h2,4,6,12,15,18H,7-11H2,1H3. The fourth-order valence-electron chi connectivity index (χ4n) is 2.00. The molecule has 0 unspecified atom stereocenters. The second kappa shape index (κ2) is 7.02. The van der Waals surface area contributed by atoms with Gasteiger partial charge in [0.25, 0.3) is 10.0 Å². The van der Waals surface area contributed by atoms with Crippen LogP contribution in [0, 0.1) is 11.8 Å². The molecule has 1 aromatic rings. The van der Waals surface area contributed by atoms with Crippen molar-refractivity contribution in [1.29, 1.82) is 0 Å². The Morgan fingerprint density at radius 1 is 1.29 bits per heavy atom. The summed E-state index contributed by atoms with van der Waals surface area (Å²) in [7, 11) is -1.59. The third kappa shape index (κ3) is 4.52. The minimum absolute atomic E-state index is 0.172. The molecule has 1 aliphatic rings. The zero-order chi connectivity index (χ0) is 15.3. The number of nitrogens with zero attached hydrogens (tertiary/aromatic N) is 2. The molecule has 1 fully saturated rings. The lowest BCUT2D eigenvalue weighted by atomic mass is 10.2. The van der Waals surface area contributed by atoms with Gasteiger partial charge in [-0.2, -0.15) is 0 Å². The average molecular weight is 309 g/mol. The lowest BCUT2D eigenvalue weighted by Crippen LogP contribution is -2.52. The number of piperazine rings is 1. The Balaban J connectivity index is 2.12. The Hall–Kier alpha value is -1.43. The maximum atomic E-state index is 12.3. The number of hydrazine groups is 1. The van der Waals surface area contributed by atoms with E-state index in [1.165, 1.54) is 12.1 Å². The Kier molecular flexibility index (Phi) is 5.33. The van der Waals surface area contributed by atoms with Crippen molar-refractivity contribution in [2.24, 2.45) is 0 Å². The fourth-order valence-corrected chi connectivity index (χ4v) is 3.17. The first-order valence-corrected chi connectivity index (χ1v) is 8.15. The highest BCUT2D eigenvalue weighted by molar-refractivity contribution is 7.89. The number of sulfonamides is 1. The van der Waals surface area contributed by atoms with E-state index >= 15 is 0 Å². The molecule has 6 nitrogen and oxygen atoms in total. The zero-order valence-electron chi connectivity index (χ0n) is 11.9. The summed E-state index contributed by atoms with van der Waals surface area (Å²) in [6.07, 6.45) is 0. The molecule has 0 radical (unpaired) electrons. The second-order valence-corrected chi connectivity index (χ2v) is 6.53. The van der Waals surface area contributed by atoms with Crippen LogP contribution < -0.4 is 4.83 Å². The monoisotopic (exact) mass is 309 g/mol. The largest absolute Gasteiger partial charge is 0.384 e. The highest BCUT2D eigenvalue weighted by Crippen LogP contribution is 2.12. The lowest BCUT2D eigenvalue weighted by Gasteiger charge is -2.32. The van der Waals surface area contributed by atoms with Gasteiger partial charge in [-0.25, -0.2) is 13.4 Å². The lowest BCUT2D eigenvalue weighted by molar-refractivity contribution is 0.135. The van der Waals surface area contributed by atoms with Crippen molar-refractivity contribution in [3.63, 3.8) is 0 Å². The summed E-state index contributed by atoms with van der Waals surface area (Å²) in [6, 6.07) is 6.38. The van der Waals surface area contributed by atoms with Crippen LogP contribution in [0.3, 0.4) is 0 Å². The molecule has 0 aromatic heterocycles. The minimum Gasteiger partial charge on any atom is -0.384 e. The Bertz CT molecular complexity index is 641. The smallest absolute Gasteiger partial charge is 0.253 e. The molecule has 0 atom stereocenters. The van der Waals surface area contributed by atoms with Crippen LogP contribution in [0.1, 0.15) is 5.56 Å². The molecule has 1 saturated heterocycles. The van der Waals surface area contributed by atoms with Gasteiger partial charge < -0.3 is 10.0 Å². The maximum absolute atomic E-state index is 12.3. The van der Waals surface area contributed by atoms with E-state index in [1.54, 1.807) is 17.1 Å². The number of rotatable bonds is 3. The summed E-state index contributed by atoms with van der Waals surface area (Å²) in [4.78, 5) is 4.92. The first kappa shape index (κ1) is 15.9. The number of hydrogen-bond donors (Lipinski definition) is 2. The number of likely N-dealkylation sites (N-methyl/N-ethyl adjacent to an activating group) is 1. The second-order valence-electron chi connectivity index (χ2n) is 4.87. The SMILES string of the molecule is CN1CCN(NS(=O)(=O)c2cccc(C#CCO)c2)CC1. The molecule has 0 aliphatic carbocycles. The molecule has 0 saturated carbocycles. The summed E-state index contributed by atoms with van der Waals surface area (Å²) < 4.78 is 24.7. The van der Waals surface area contributed by atoms with Crippen molar-refractivity contribution >= 4 is 10.0 Å². The van der Waals surface area contributed by atoms with Crippen LogP contribution in [0.2, 0.25) is 0 Å². The van der Waals surface area contributed by atoms with E-state index in [0.29, 0.717) is 18.7 Å². The number of nitrogens with one attached hydrogen (secondary N) is 1. The molecule has 0 amide bonds. The molecule has 7 heteroatoms. The molecular formula is C14H19N3O3S. The van der Waals surface area contributed by atoms with E-state index in [0.717, 1.165) is 13.1 Å². The molecule has 114 valence electrons. The summed E-state index contributed by atoms with van der Waals surface area (Å²) in [6.45, 7) is 2.70. The van der Waals surface area contributed by atoms with Crippen LogP contribution in [0.25, 0.3) is 0 Å². The molecular weight excluding hydrogens is 290 g/mol. The molecule has 0 spiro atoms. The molecule has 2 rings (SSSR count). The van der Waals surface area contributed by atoms with Crippen molar-refractivity contribution in [2.75, 3.05) is 39.8 Å². The molecule has 1 aromatic carbocycles. The van der Waals surface area contributed by atoms with E-state index in [2.05, 4.69) is 21.6 Å². The predicted octanol–water partition coefficient (Wildman–Crippen LogP) is -0.529. The average Bonchev–Trinajstić information content (AvgIpc) is 2.48. The van der Waals surface area contributed by atoms with Crippen molar-refractivity contribution in [3.8, 4) is 11.8 Å². The molecule has 21 heavy (non-hydrogen) atoms. The maximum Gasteiger partial charge on any atom is 0.253 e. The highest BCUT2D eigenvalue weighted by Gasteiger charge is 2.21. The van der Waals surface area contributed by atoms with E-state index in [9.17, 15) is 8.42 Å². The summed E-state index contributed by atoms with van der Waals surface area (Å²) in [5, 5.41) is 10.4. The Morgan fingerprint density at radius 2 is 2.00 bits per heavy atom. The van der Waals surface area contributed by atoms with Crippen LogP contribution in [0.4, 0.5) is 0 Å². The van der Waals surface area contributed by atoms with Gasteiger partial charge in [0.05, 0.1) is 4.90 Å². The summed E-state index contributed by atoms with van der Waals surface area (Å²) >= 11 is 0. The van der Waals surface area contributed by atoms with Gasteiger partial charge in [-0.15, -0.1) is 4.83 Å². The Labute approximate surface area is 125 Å². The highest BCUT2D eigenvalue weighted by atomic mass is 32.2. The van der Waals surface area contributed by atoms with E-state index in [-0.39, 0.29) is 11.5 Å². The normalized spacial score (nSPS) is 17.2. The van der Waals surface area contributed by atoms with Gasteiger partial charge in [-0.05, 0) is 25.2 Å². The molecule has 1 heterocycles. The molecule has 2 N–H and O–H groups in total. The molecule has 1 aliphatic heterocycles. The van der Waals surface area contributed by atoms with E-state index in [4.69, 9.17) is 5.11 Å². The quantitative estimate of drug-likeness (QED) is 0.735. The first-order chi connectivity index (χ1) is 10.0. The topological polar surface area (TPSA) is 72.9 Å². The first-order valence-electron chi connectivity index (χ1n) is 6.67.